The molecule has 8 nitrogen and oxygen atoms in total. The third-order valence-electron chi connectivity index (χ3n) is 7.85. The van der Waals surface area contributed by atoms with E-state index in [0.717, 1.165) is 35.6 Å². The zero-order chi connectivity index (χ0) is 23.5. The molecule has 0 radical (unpaired) electrons. The number of piperazine rings is 1. The van der Waals surface area contributed by atoms with E-state index >= 15 is 0 Å². The van der Waals surface area contributed by atoms with Crippen molar-refractivity contribution in [1.82, 2.24) is 19.5 Å². The minimum atomic E-state index is -0.256. The monoisotopic (exact) mass is 466 g/mol. The molecule has 182 valence electrons. The number of benzene rings is 1. The standard InChI is InChI=1S/C26H36N6O2/c1-20-18-24(33)28-26-22-10-5-6-11-23(22)31(32(20)26)19-25(34)27-12-7-13-29-14-16-30(17-15-29)21-8-3-2-4-9-21/h5-6,10-11,18,21H,2-4,7-9,12-17,19H2,1H3,(H,27,34)/p+2. The summed E-state index contributed by atoms with van der Waals surface area (Å²) in [4.78, 5) is 32.5. The summed E-state index contributed by atoms with van der Waals surface area (Å²) in [5.41, 5.74) is 2.03. The lowest BCUT2D eigenvalue weighted by Crippen LogP contribution is -3.29. The Morgan fingerprint density at radius 2 is 1.88 bits per heavy atom. The summed E-state index contributed by atoms with van der Waals surface area (Å²) >= 11 is 0. The first-order chi connectivity index (χ1) is 16.6. The highest BCUT2D eigenvalue weighted by Crippen LogP contribution is 2.21. The Balaban J connectivity index is 1.13. The average Bonchev–Trinajstić information content (AvgIpc) is 3.16. The molecule has 0 spiro atoms. The lowest BCUT2D eigenvalue weighted by molar-refractivity contribution is -1.02. The molecule has 3 aromatic rings. The minimum Gasteiger partial charge on any atom is -0.354 e. The zero-order valence-corrected chi connectivity index (χ0v) is 20.3. The molecular weight excluding hydrogens is 428 g/mol. The summed E-state index contributed by atoms with van der Waals surface area (Å²) < 4.78 is 3.80. The fourth-order valence-electron chi connectivity index (χ4n) is 6.07. The summed E-state index contributed by atoms with van der Waals surface area (Å²) in [7, 11) is 0. The van der Waals surface area contributed by atoms with Crippen molar-refractivity contribution >= 4 is 22.5 Å². The number of nitrogens with zero attached hydrogens (tertiary/aromatic N) is 3. The van der Waals surface area contributed by atoms with Gasteiger partial charge in [-0.05, 0) is 44.7 Å². The number of carbonyl (C=O) groups is 1. The van der Waals surface area contributed by atoms with Crippen molar-refractivity contribution in [2.24, 2.45) is 0 Å². The second kappa shape index (κ2) is 10.3. The van der Waals surface area contributed by atoms with E-state index in [2.05, 4.69) is 10.3 Å². The number of amides is 1. The Labute approximate surface area is 200 Å². The van der Waals surface area contributed by atoms with Crippen LogP contribution in [0.1, 0.15) is 44.2 Å². The molecule has 2 aliphatic rings. The van der Waals surface area contributed by atoms with Gasteiger partial charge in [0.2, 0.25) is 5.91 Å². The van der Waals surface area contributed by atoms with E-state index in [0.29, 0.717) is 12.2 Å². The molecule has 1 aliphatic heterocycles. The molecule has 0 atom stereocenters. The van der Waals surface area contributed by atoms with E-state index in [-0.39, 0.29) is 18.0 Å². The van der Waals surface area contributed by atoms with Gasteiger partial charge in [0.05, 0.1) is 18.1 Å². The van der Waals surface area contributed by atoms with Gasteiger partial charge in [0.15, 0.2) is 5.65 Å². The van der Waals surface area contributed by atoms with E-state index < -0.39 is 0 Å². The second-order valence-corrected chi connectivity index (χ2v) is 10.1. The zero-order valence-electron chi connectivity index (χ0n) is 20.3. The predicted octanol–water partition coefficient (Wildman–Crippen LogP) is -0.420. The molecule has 0 bridgehead atoms. The van der Waals surface area contributed by atoms with Crippen LogP contribution in [0.4, 0.5) is 0 Å². The maximum absolute atomic E-state index is 12.8. The van der Waals surface area contributed by atoms with Crippen molar-refractivity contribution in [3.63, 3.8) is 0 Å². The topological polar surface area (TPSA) is 77.3 Å². The lowest BCUT2D eigenvalue weighted by atomic mass is 9.94. The Kier molecular flexibility index (Phi) is 6.97. The minimum absolute atomic E-state index is 0.0117. The Morgan fingerprint density at radius 1 is 1.12 bits per heavy atom. The number of aromatic nitrogens is 3. The van der Waals surface area contributed by atoms with Gasteiger partial charge in [-0.2, -0.15) is 4.98 Å². The van der Waals surface area contributed by atoms with Gasteiger partial charge in [-0.15, -0.1) is 0 Å². The first-order valence-electron chi connectivity index (χ1n) is 13.0. The summed E-state index contributed by atoms with van der Waals surface area (Å²) in [5, 5.41) is 3.99. The van der Waals surface area contributed by atoms with Crippen molar-refractivity contribution in [2.45, 2.75) is 58.0 Å². The van der Waals surface area contributed by atoms with Gasteiger partial charge in [0.1, 0.15) is 32.7 Å². The number of aryl methyl sites for hydroxylation is 1. The van der Waals surface area contributed by atoms with Gasteiger partial charge < -0.3 is 15.1 Å². The second-order valence-electron chi connectivity index (χ2n) is 10.1. The molecule has 3 heterocycles. The number of rotatable bonds is 7. The molecule has 34 heavy (non-hydrogen) atoms. The number of fused-ring (bicyclic) bond motifs is 3. The van der Waals surface area contributed by atoms with Crippen LogP contribution < -0.4 is 20.7 Å². The summed E-state index contributed by atoms with van der Waals surface area (Å²) in [6.45, 7) is 9.01. The van der Waals surface area contributed by atoms with Crippen molar-refractivity contribution in [1.29, 1.82) is 0 Å². The fourth-order valence-corrected chi connectivity index (χ4v) is 6.07. The van der Waals surface area contributed by atoms with Crippen LogP contribution >= 0.6 is 0 Å². The Hall–Kier alpha value is -2.71. The molecule has 8 heteroatoms. The van der Waals surface area contributed by atoms with Crippen LogP contribution in [-0.4, -0.2) is 65.4 Å². The highest BCUT2D eigenvalue weighted by Gasteiger charge is 2.30. The third-order valence-corrected chi connectivity index (χ3v) is 7.85. The molecule has 1 saturated heterocycles. The van der Waals surface area contributed by atoms with Gasteiger partial charge in [0, 0.05) is 30.1 Å². The van der Waals surface area contributed by atoms with Gasteiger partial charge in [-0.25, -0.2) is 4.52 Å². The van der Waals surface area contributed by atoms with E-state index in [9.17, 15) is 9.59 Å². The highest BCUT2D eigenvalue weighted by molar-refractivity contribution is 5.93. The first kappa shape index (κ1) is 23.1. The van der Waals surface area contributed by atoms with E-state index in [1.165, 1.54) is 64.3 Å². The number of quaternary nitrogens is 2. The number of nitrogens with one attached hydrogen (secondary N) is 3. The van der Waals surface area contributed by atoms with Crippen LogP contribution in [-0.2, 0) is 11.3 Å². The van der Waals surface area contributed by atoms with Crippen molar-refractivity contribution in [3.05, 3.63) is 46.4 Å². The van der Waals surface area contributed by atoms with Crippen LogP contribution in [0.2, 0.25) is 0 Å². The van der Waals surface area contributed by atoms with E-state index in [1.54, 1.807) is 4.90 Å². The van der Waals surface area contributed by atoms with Crippen LogP contribution in [0.25, 0.3) is 16.6 Å². The maximum Gasteiger partial charge on any atom is 0.273 e. The summed E-state index contributed by atoms with van der Waals surface area (Å²) in [5.74, 6) is -0.0117. The molecule has 5 rings (SSSR count). The Morgan fingerprint density at radius 3 is 2.68 bits per heavy atom. The van der Waals surface area contributed by atoms with E-state index in [1.807, 2.05) is 45.3 Å². The number of carbonyl (C=O) groups excluding carboxylic acids is 1. The molecule has 1 saturated carbocycles. The van der Waals surface area contributed by atoms with Crippen LogP contribution in [0.15, 0.2) is 35.1 Å². The van der Waals surface area contributed by atoms with Gasteiger partial charge >= 0.3 is 0 Å². The third kappa shape index (κ3) is 4.88. The SMILES string of the molecule is Cc1cc(=O)nc2c3ccccc3n(CC(=O)NCCC[NH+]3CC[NH+](C4CCCCC4)CC3)n12. The molecule has 2 fully saturated rings. The van der Waals surface area contributed by atoms with E-state index in [4.69, 9.17) is 0 Å². The average molecular weight is 467 g/mol. The van der Waals surface area contributed by atoms with Crippen LogP contribution in [0.5, 0.6) is 0 Å². The Bertz CT molecular complexity index is 1200. The molecular formula is C26H38N6O2+2. The van der Waals surface area contributed by atoms with Gasteiger partial charge in [0.25, 0.3) is 5.56 Å². The summed E-state index contributed by atoms with van der Waals surface area (Å²) in [6.07, 6.45) is 8.13. The highest BCUT2D eigenvalue weighted by atomic mass is 16.2. The van der Waals surface area contributed by atoms with Crippen molar-refractivity contribution in [2.75, 3.05) is 39.3 Å². The lowest BCUT2D eigenvalue weighted by Gasteiger charge is -2.36. The van der Waals surface area contributed by atoms with Gasteiger partial charge in [-0.3, -0.25) is 14.3 Å². The quantitative estimate of drug-likeness (QED) is 0.414. The fraction of sp³-hybridized carbons (Fsp3) is 0.577. The van der Waals surface area contributed by atoms with Gasteiger partial charge in [-0.1, -0.05) is 18.6 Å². The molecule has 2 aromatic heterocycles. The molecule has 1 amide bonds. The largest absolute Gasteiger partial charge is 0.354 e. The van der Waals surface area contributed by atoms with Crippen LogP contribution in [0.3, 0.4) is 0 Å². The molecule has 3 N–H and O–H groups in total. The van der Waals surface area contributed by atoms with Crippen molar-refractivity contribution in [3.8, 4) is 0 Å². The molecule has 1 aliphatic carbocycles. The number of para-hydroxylation sites is 1. The number of hydrogen-bond acceptors (Lipinski definition) is 3. The molecule has 1 aromatic carbocycles. The molecule has 0 unspecified atom stereocenters. The van der Waals surface area contributed by atoms with Crippen molar-refractivity contribution < 1.29 is 14.6 Å². The smallest absolute Gasteiger partial charge is 0.273 e. The summed E-state index contributed by atoms with van der Waals surface area (Å²) in [6, 6.07) is 10.2. The maximum atomic E-state index is 12.8. The normalized spacial score (nSPS) is 21.8. The first-order valence-corrected chi connectivity index (χ1v) is 13.0. The van der Waals surface area contributed by atoms with Crippen LogP contribution in [0, 0.1) is 6.92 Å². The predicted molar refractivity (Wildman–Crippen MR) is 132 cm³/mol. The number of hydrogen-bond donors (Lipinski definition) is 3.